The lowest BCUT2D eigenvalue weighted by Crippen LogP contribution is -2.47. The van der Waals surface area contributed by atoms with Gasteiger partial charge in [-0.1, -0.05) is 0 Å². The number of primary amides is 1. The fourth-order valence-corrected chi connectivity index (χ4v) is 1.56. The van der Waals surface area contributed by atoms with Gasteiger partial charge in [-0.2, -0.15) is 0 Å². The highest BCUT2D eigenvalue weighted by atomic mass is 16.6. The Hall–Kier alpha value is -3.01. The van der Waals surface area contributed by atoms with Crippen LogP contribution in [0.1, 0.15) is 6.42 Å². The van der Waals surface area contributed by atoms with Crippen molar-refractivity contribution in [2.75, 3.05) is 11.9 Å². The summed E-state index contributed by atoms with van der Waals surface area (Å²) in [6.07, 6.45) is -0.398. The minimum absolute atomic E-state index is 0.136. The average Bonchev–Trinajstić information content (AvgIpc) is 2.46. The number of nitrogens with two attached hydrogens (primary N) is 2. The highest BCUT2D eigenvalue weighted by Gasteiger charge is 2.22. The number of nitro benzene ring substituents is 1. The van der Waals surface area contributed by atoms with Crippen LogP contribution in [0.5, 0.6) is 0 Å². The van der Waals surface area contributed by atoms with Crippen molar-refractivity contribution in [3.63, 3.8) is 0 Å². The molecule has 118 valence electrons. The molecule has 22 heavy (non-hydrogen) atoms. The zero-order chi connectivity index (χ0) is 16.7. The molecule has 1 unspecified atom stereocenters. The van der Waals surface area contributed by atoms with Gasteiger partial charge >= 0.3 is 0 Å². The number of amides is 3. The van der Waals surface area contributed by atoms with Crippen LogP contribution in [0.3, 0.4) is 0 Å². The molecule has 0 saturated heterocycles. The van der Waals surface area contributed by atoms with Gasteiger partial charge in [-0.05, 0) is 12.1 Å². The second kappa shape index (κ2) is 7.69. The van der Waals surface area contributed by atoms with Crippen molar-refractivity contribution in [1.29, 1.82) is 0 Å². The Kier molecular flexibility index (Phi) is 5.96. The lowest BCUT2D eigenvalue weighted by atomic mass is 10.1. The Bertz CT molecular complexity index is 586. The van der Waals surface area contributed by atoms with E-state index in [9.17, 15) is 24.5 Å². The van der Waals surface area contributed by atoms with E-state index in [2.05, 4.69) is 10.6 Å². The van der Waals surface area contributed by atoms with Gasteiger partial charge in [0.1, 0.15) is 6.04 Å². The second-order valence-corrected chi connectivity index (χ2v) is 4.29. The van der Waals surface area contributed by atoms with Gasteiger partial charge in [0.05, 0.1) is 17.9 Å². The molecule has 1 atom stereocenters. The average molecular weight is 309 g/mol. The molecular formula is C12H15N5O5. The Morgan fingerprint density at radius 2 is 1.82 bits per heavy atom. The van der Waals surface area contributed by atoms with Gasteiger partial charge in [0, 0.05) is 17.8 Å². The number of nitrogens with one attached hydrogen (secondary N) is 2. The van der Waals surface area contributed by atoms with E-state index in [0.717, 1.165) is 0 Å². The van der Waals surface area contributed by atoms with Crippen LogP contribution in [0.15, 0.2) is 24.3 Å². The molecule has 0 bridgehead atoms. The van der Waals surface area contributed by atoms with Crippen molar-refractivity contribution in [2.24, 2.45) is 11.5 Å². The van der Waals surface area contributed by atoms with Crippen LogP contribution in [-0.4, -0.2) is 35.2 Å². The molecule has 3 amide bonds. The molecule has 10 nitrogen and oxygen atoms in total. The molecule has 0 aromatic heterocycles. The van der Waals surface area contributed by atoms with Gasteiger partial charge in [-0.25, -0.2) is 0 Å². The summed E-state index contributed by atoms with van der Waals surface area (Å²) in [5, 5.41) is 15.2. The van der Waals surface area contributed by atoms with Gasteiger partial charge in [-0.3, -0.25) is 24.5 Å². The summed E-state index contributed by atoms with van der Waals surface area (Å²) in [4.78, 5) is 44.1. The summed E-state index contributed by atoms with van der Waals surface area (Å²) < 4.78 is 0. The molecule has 1 aromatic rings. The van der Waals surface area contributed by atoms with Gasteiger partial charge in [0.2, 0.25) is 17.7 Å². The van der Waals surface area contributed by atoms with E-state index in [1.165, 1.54) is 24.3 Å². The molecular weight excluding hydrogens is 294 g/mol. The topological polar surface area (TPSA) is 170 Å². The zero-order valence-electron chi connectivity index (χ0n) is 11.4. The van der Waals surface area contributed by atoms with E-state index in [0.29, 0.717) is 0 Å². The van der Waals surface area contributed by atoms with Crippen molar-refractivity contribution < 1.29 is 19.3 Å². The van der Waals surface area contributed by atoms with Crippen molar-refractivity contribution in [3.8, 4) is 0 Å². The van der Waals surface area contributed by atoms with E-state index in [1.54, 1.807) is 0 Å². The van der Waals surface area contributed by atoms with E-state index in [4.69, 9.17) is 11.5 Å². The molecule has 0 aliphatic rings. The highest BCUT2D eigenvalue weighted by Crippen LogP contribution is 2.15. The smallest absolute Gasteiger partial charge is 0.269 e. The van der Waals surface area contributed by atoms with Gasteiger partial charge < -0.3 is 22.1 Å². The summed E-state index contributed by atoms with van der Waals surface area (Å²) in [6, 6.07) is 3.88. The largest absolute Gasteiger partial charge is 0.370 e. The van der Waals surface area contributed by atoms with E-state index >= 15 is 0 Å². The predicted octanol–water partition coefficient (Wildman–Crippen LogP) is -1.15. The number of non-ortho nitro benzene ring substituents is 1. The number of hydrogen-bond donors (Lipinski definition) is 4. The monoisotopic (exact) mass is 309 g/mol. The molecule has 1 aromatic carbocycles. The Morgan fingerprint density at radius 1 is 1.23 bits per heavy atom. The molecule has 1 rings (SSSR count). The first kappa shape index (κ1) is 17.0. The number of carbonyl (C=O) groups is 3. The van der Waals surface area contributed by atoms with E-state index in [1.807, 2.05) is 0 Å². The third kappa shape index (κ3) is 5.17. The number of benzene rings is 1. The third-order valence-electron chi connectivity index (χ3n) is 2.59. The summed E-state index contributed by atoms with van der Waals surface area (Å²) in [6.45, 7) is -0.347. The third-order valence-corrected chi connectivity index (χ3v) is 2.59. The molecule has 6 N–H and O–H groups in total. The highest BCUT2D eigenvalue weighted by molar-refractivity contribution is 5.99. The molecule has 0 spiro atoms. The van der Waals surface area contributed by atoms with Crippen molar-refractivity contribution in [3.05, 3.63) is 34.4 Å². The minimum Gasteiger partial charge on any atom is -0.370 e. The summed E-state index contributed by atoms with van der Waals surface area (Å²) in [5.41, 5.74) is 10.3. The number of hydrogen-bond acceptors (Lipinski definition) is 6. The lowest BCUT2D eigenvalue weighted by molar-refractivity contribution is -0.384. The Morgan fingerprint density at radius 3 is 2.27 bits per heavy atom. The zero-order valence-corrected chi connectivity index (χ0v) is 11.4. The summed E-state index contributed by atoms with van der Waals surface area (Å²) in [7, 11) is 0. The first-order valence-electron chi connectivity index (χ1n) is 6.16. The van der Waals surface area contributed by atoms with Gasteiger partial charge in [0.15, 0.2) is 0 Å². The number of carbonyl (C=O) groups excluding carboxylic acids is 3. The van der Waals surface area contributed by atoms with Gasteiger partial charge in [0.25, 0.3) is 5.69 Å². The van der Waals surface area contributed by atoms with Crippen molar-refractivity contribution in [2.45, 2.75) is 12.5 Å². The molecule has 0 fully saturated rings. The first-order chi connectivity index (χ1) is 10.3. The summed E-state index contributed by atoms with van der Waals surface area (Å²) in [5.74, 6) is -2.08. The SMILES string of the molecule is NCC(=O)NC(CC(N)=O)C(=O)Nc1ccc([N+](=O)[O-])cc1. The first-order valence-corrected chi connectivity index (χ1v) is 6.16. The second-order valence-electron chi connectivity index (χ2n) is 4.29. The maximum atomic E-state index is 12.0. The summed E-state index contributed by atoms with van der Waals surface area (Å²) >= 11 is 0. The fraction of sp³-hybridized carbons (Fsp3) is 0.250. The number of nitrogens with zero attached hydrogens (tertiary/aromatic N) is 1. The molecule has 0 aliphatic heterocycles. The maximum absolute atomic E-state index is 12.0. The van der Waals surface area contributed by atoms with Crippen LogP contribution in [0, 0.1) is 10.1 Å². The van der Waals surface area contributed by atoms with Crippen LogP contribution < -0.4 is 22.1 Å². The minimum atomic E-state index is -1.18. The molecule has 0 radical (unpaired) electrons. The molecule has 10 heteroatoms. The van der Waals surface area contributed by atoms with Crippen molar-refractivity contribution >= 4 is 29.1 Å². The standard InChI is InChI=1S/C12H15N5O5/c13-6-11(19)16-9(5-10(14)18)12(20)15-7-1-3-8(4-2-7)17(21)22/h1-4,9H,5-6,13H2,(H2,14,18)(H,15,20)(H,16,19). The molecule has 0 aliphatic carbocycles. The lowest BCUT2D eigenvalue weighted by Gasteiger charge is -2.16. The quantitative estimate of drug-likeness (QED) is 0.366. The fourth-order valence-electron chi connectivity index (χ4n) is 1.56. The Balaban J connectivity index is 2.78. The predicted molar refractivity (Wildman–Crippen MR) is 76.5 cm³/mol. The maximum Gasteiger partial charge on any atom is 0.269 e. The van der Waals surface area contributed by atoms with Crippen LogP contribution >= 0.6 is 0 Å². The van der Waals surface area contributed by atoms with Gasteiger partial charge in [-0.15, -0.1) is 0 Å². The molecule has 0 saturated carbocycles. The van der Waals surface area contributed by atoms with E-state index < -0.39 is 35.1 Å². The number of rotatable bonds is 7. The van der Waals surface area contributed by atoms with Crippen LogP contribution in [0.25, 0.3) is 0 Å². The van der Waals surface area contributed by atoms with Crippen LogP contribution in [0.2, 0.25) is 0 Å². The normalized spacial score (nSPS) is 11.3. The van der Waals surface area contributed by atoms with Crippen molar-refractivity contribution in [1.82, 2.24) is 5.32 Å². The molecule has 0 heterocycles. The van der Waals surface area contributed by atoms with E-state index in [-0.39, 0.29) is 17.9 Å². The van der Waals surface area contributed by atoms with Crippen LogP contribution in [-0.2, 0) is 14.4 Å². The Labute approximate surface area is 125 Å². The van der Waals surface area contributed by atoms with Crippen LogP contribution in [0.4, 0.5) is 11.4 Å². The number of nitro groups is 1. The number of anilines is 1.